The van der Waals surface area contributed by atoms with Crippen LogP contribution in [-0.2, 0) is 4.74 Å². The second kappa shape index (κ2) is 4.90. The van der Waals surface area contributed by atoms with Crippen molar-refractivity contribution in [1.82, 2.24) is 0 Å². The average molecular weight is 289 g/mol. The van der Waals surface area contributed by atoms with Crippen molar-refractivity contribution in [3.05, 3.63) is 58.6 Å². The van der Waals surface area contributed by atoms with Gasteiger partial charge in [0, 0.05) is 16.7 Å². The standard InChI is InChI=1S/C15H9ClO4/c16-10-5-6-11-13(20-15(17)18)7-9-3-1-2-4-12(9)19-14(11)8-10/h1-8H,(H,17,18). The van der Waals surface area contributed by atoms with Gasteiger partial charge in [0.2, 0.25) is 0 Å². The van der Waals surface area contributed by atoms with Crippen LogP contribution in [0.15, 0.2) is 42.5 Å². The first-order valence-electron chi connectivity index (χ1n) is 5.83. The predicted molar refractivity (Wildman–Crippen MR) is 74.9 cm³/mol. The van der Waals surface area contributed by atoms with E-state index in [1.807, 2.05) is 18.2 Å². The highest BCUT2D eigenvalue weighted by Crippen LogP contribution is 2.39. The third kappa shape index (κ3) is 2.33. The van der Waals surface area contributed by atoms with Crippen molar-refractivity contribution in [2.75, 3.05) is 0 Å². The summed E-state index contributed by atoms with van der Waals surface area (Å²) >= 11 is 5.95. The van der Waals surface area contributed by atoms with Crippen LogP contribution in [0.5, 0.6) is 11.5 Å². The summed E-state index contributed by atoms with van der Waals surface area (Å²) < 4.78 is 10.6. The minimum absolute atomic E-state index is 0.203. The number of hydrogen-bond donors (Lipinski definition) is 1. The van der Waals surface area contributed by atoms with Gasteiger partial charge in [0.25, 0.3) is 0 Å². The smallest absolute Gasteiger partial charge is 0.456 e. The van der Waals surface area contributed by atoms with Gasteiger partial charge in [-0.1, -0.05) is 29.8 Å². The lowest BCUT2D eigenvalue weighted by Crippen LogP contribution is -2.00. The molecular weight excluding hydrogens is 280 g/mol. The Bertz CT molecular complexity index is 722. The lowest BCUT2D eigenvalue weighted by molar-refractivity contribution is 0.135. The first kappa shape index (κ1) is 12.6. The van der Waals surface area contributed by atoms with Crippen molar-refractivity contribution in [1.29, 1.82) is 0 Å². The Kier molecular flexibility index (Phi) is 3.08. The highest BCUT2D eigenvalue weighted by Gasteiger charge is 2.19. The Hall–Kier alpha value is -2.46. The first-order valence-corrected chi connectivity index (χ1v) is 6.20. The normalized spacial score (nSPS) is 12.3. The van der Waals surface area contributed by atoms with Gasteiger partial charge in [0.15, 0.2) is 0 Å². The number of hydrogen-bond acceptors (Lipinski definition) is 3. The fraction of sp³-hybridized carbons (Fsp3) is 0. The van der Waals surface area contributed by atoms with Gasteiger partial charge in [0.1, 0.15) is 17.3 Å². The SMILES string of the molecule is O=C(O)OC1=Cc2ccccc2Oc2cc(Cl)ccc21. The molecule has 0 radical (unpaired) electrons. The summed E-state index contributed by atoms with van der Waals surface area (Å²) in [5.41, 5.74) is 1.27. The van der Waals surface area contributed by atoms with Crippen molar-refractivity contribution in [3.63, 3.8) is 0 Å². The van der Waals surface area contributed by atoms with Crippen LogP contribution in [0.4, 0.5) is 4.79 Å². The molecule has 0 amide bonds. The molecule has 0 atom stereocenters. The minimum atomic E-state index is -1.38. The van der Waals surface area contributed by atoms with Crippen molar-refractivity contribution in [2.24, 2.45) is 0 Å². The van der Waals surface area contributed by atoms with E-state index < -0.39 is 6.16 Å². The largest absolute Gasteiger partial charge is 0.511 e. The number of benzene rings is 2. The Morgan fingerprint density at radius 3 is 2.75 bits per heavy atom. The molecule has 20 heavy (non-hydrogen) atoms. The topological polar surface area (TPSA) is 55.8 Å². The average Bonchev–Trinajstić information content (AvgIpc) is 2.54. The fourth-order valence-corrected chi connectivity index (χ4v) is 2.15. The summed E-state index contributed by atoms with van der Waals surface area (Å²) in [5.74, 6) is 1.27. The lowest BCUT2D eigenvalue weighted by atomic mass is 10.1. The molecule has 0 bridgehead atoms. The van der Waals surface area contributed by atoms with E-state index in [0.717, 1.165) is 5.56 Å². The maximum absolute atomic E-state index is 10.8. The van der Waals surface area contributed by atoms with Gasteiger partial charge in [-0.05, 0) is 24.3 Å². The third-order valence-electron chi connectivity index (χ3n) is 2.83. The van der Waals surface area contributed by atoms with Crippen LogP contribution in [-0.4, -0.2) is 11.3 Å². The van der Waals surface area contributed by atoms with Gasteiger partial charge in [-0.3, -0.25) is 0 Å². The van der Waals surface area contributed by atoms with E-state index in [1.54, 1.807) is 30.3 Å². The molecule has 1 aliphatic heterocycles. The molecule has 0 aliphatic carbocycles. The molecule has 5 heteroatoms. The first-order chi connectivity index (χ1) is 9.63. The molecule has 0 unspecified atom stereocenters. The highest BCUT2D eigenvalue weighted by molar-refractivity contribution is 6.30. The van der Waals surface area contributed by atoms with E-state index in [1.165, 1.54) is 0 Å². The molecule has 0 aromatic heterocycles. The monoisotopic (exact) mass is 288 g/mol. The zero-order chi connectivity index (χ0) is 14.1. The Balaban J connectivity index is 2.20. The highest BCUT2D eigenvalue weighted by atomic mass is 35.5. The van der Waals surface area contributed by atoms with Crippen LogP contribution in [0.3, 0.4) is 0 Å². The quantitative estimate of drug-likeness (QED) is 0.777. The second-order valence-corrected chi connectivity index (χ2v) is 4.59. The molecule has 2 aromatic carbocycles. The molecular formula is C15H9ClO4. The van der Waals surface area contributed by atoms with Crippen molar-refractivity contribution >= 4 is 29.6 Å². The summed E-state index contributed by atoms with van der Waals surface area (Å²) in [4.78, 5) is 10.8. The van der Waals surface area contributed by atoms with Crippen LogP contribution in [0, 0.1) is 0 Å². The molecule has 2 aromatic rings. The van der Waals surface area contributed by atoms with E-state index in [4.69, 9.17) is 26.2 Å². The summed E-state index contributed by atoms with van der Waals surface area (Å²) in [5, 5.41) is 9.35. The van der Waals surface area contributed by atoms with Crippen LogP contribution >= 0.6 is 11.6 Å². The van der Waals surface area contributed by atoms with Gasteiger partial charge in [-0.2, -0.15) is 0 Å². The number of para-hydroxylation sites is 1. The molecule has 0 saturated heterocycles. The summed E-state index contributed by atoms with van der Waals surface area (Å²) in [6, 6.07) is 12.2. The molecule has 1 N–H and O–H groups in total. The van der Waals surface area contributed by atoms with Gasteiger partial charge >= 0.3 is 6.16 Å². The Morgan fingerprint density at radius 2 is 1.95 bits per heavy atom. The Morgan fingerprint density at radius 1 is 1.15 bits per heavy atom. The van der Waals surface area contributed by atoms with Crippen LogP contribution in [0.2, 0.25) is 5.02 Å². The second-order valence-electron chi connectivity index (χ2n) is 4.16. The zero-order valence-corrected chi connectivity index (χ0v) is 10.9. The molecule has 1 aliphatic rings. The van der Waals surface area contributed by atoms with E-state index in [-0.39, 0.29) is 5.76 Å². The number of halogens is 1. The minimum Gasteiger partial charge on any atom is -0.456 e. The third-order valence-corrected chi connectivity index (χ3v) is 3.07. The summed E-state index contributed by atoms with van der Waals surface area (Å²) in [6.45, 7) is 0. The molecule has 0 saturated carbocycles. The van der Waals surface area contributed by atoms with E-state index in [0.29, 0.717) is 22.1 Å². The maximum Gasteiger partial charge on any atom is 0.511 e. The number of fused-ring (bicyclic) bond motifs is 2. The van der Waals surface area contributed by atoms with Gasteiger partial charge in [-0.15, -0.1) is 0 Å². The van der Waals surface area contributed by atoms with Crippen LogP contribution in [0.25, 0.3) is 11.8 Å². The van der Waals surface area contributed by atoms with Crippen LogP contribution < -0.4 is 4.74 Å². The predicted octanol–water partition coefficient (Wildman–Crippen LogP) is 4.64. The van der Waals surface area contributed by atoms with Crippen LogP contribution in [0.1, 0.15) is 11.1 Å². The molecule has 4 nitrogen and oxygen atoms in total. The van der Waals surface area contributed by atoms with E-state index in [9.17, 15) is 4.79 Å². The molecule has 100 valence electrons. The number of carboxylic acid groups (broad SMARTS) is 1. The fourth-order valence-electron chi connectivity index (χ4n) is 1.99. The number of carbonyl (C=O) groups is 1. The molecule has 3 rings (SSSR count). The van der Waals surface area contributed by atoms with Crippen molar-refractivity contribution < 1.29 is 19.4 Å². The van der Waals surface area contributed by atoms with E-state index >= 15 is 0 Å². The molecule has 0 fully saturated rings. The van der Waals surface area contributed by atoms with Gasteiger partial charge < -0.3 is 14.6 Å². The Labute approximate surface area is 119 Å². The van der Waals surface area contributed by atoms with Gasteiger partial charge in [-0.25, -0.2) is 4.79 Å². The van der Waals surface area contributed by atoms with Gasteiger partial charge in [0.05, 0.1) is 5.56 Å². The molecule has 1 heterocycles. The molecule has 0 spiro atoms. The maximum atomic E-state index is 10.8. The summed E-state index contributed by atoms with van der Waals surface area (Å²) in [7, 11) is 0. The number of rotatable bonds is 1. The zero-order valence-electron chi connectivity index (χ0n) is 10.2. The summed E-state index contributed by atoms with van der Waals surface area (Å²) in [6.07, 6.45) is 0.250. The van der Waals surface area contributed by atoms with Crippen molar-refractivity contribution in [3.8, 4) is 11.5 Å². The lowest BCUT2D eigenvalue weighted by Gasteiger charge is -2.10. The van der Waals surface area contributed by atoms with Crippen molar-refractivity contribution in [2.45, 2.75) is 0 Å². The van der Waals surface area contributed by atoms with E-state index in [2.05, 4.69) is 0 Å². The number of ether oxygens (including phenoxy) is 2.